The molecule has 0 aliphatic rings. The monoisotopic (exact) mass is 156 g/mol. The number of halogens is 1. The highest BCUT2D eigenvalue weighted by Gasteiger charge is 2.00. The Morgan fingerprint density at radius 3 is 2.45 bits per heavy atom. The predicted molar refractivity (Wildman–Crippen MR) is 44.8 cm³/mol. The van der Waals surface area contributed by atoms with Gasteiger partial charge in [0.15, 0.2) is 0 Å². The molecule has 0 aliphatic carbocycles. The van der Waals surface area contributed by atoms with Crippen LogP contribution in [0.3, 0.4) is 0 Å². The van der Waals surface area contributed by atoms with Crippen LogP contribution in [0.25, 0.3) is 0 Å². The SMILES string of the molecule is C=C(F)/C=C(\C=C/C)C(C)O. The molecule has 1 unspecified atom stereocenters. The van der Waals surface area contributed by atoms with Crippen molar-refractivity contribution in [3.8, 4) is 0 Å². The van der Waals surface area contributed by atoms with Crippen molar-refractivity contribution >= 4 is 0 Å². The van der Waals surface area contributed by atoms with E-state index in [1.807, 2.05) is 0 Å². The summed E-state index contributed by atoms with van der Waals surface area (Å²) in [7, 11) is 0. The highest BCUT2D eigenvalue weighted by molar-refractivity contribution is 5.27. The van der Waals surface area contributed by atoms with Crippen LogP contribution < -0.4 is 0 Å². The molecule has 0 rings (SSSR count). The van der Waals surface area contributed by atoms with Crippen LogP contribution in [0, 0.1) is 0 Å². The lowest BCUT2D eigenvalue weighted by Crippen LogP contribution is -2.01. The smallest absolute Gasteiger partial charge is 0.116 e. The average Bonchev–Trinajstić information content (AvgIpc) is 1.86. The minimum Gasteiger partial charge on any atom is -0.389 e. The van der Waals surface area contributed by atoms with Crippen LogP contribution in [-0.4, -0.2) is 11.2 Å². The Morgan fingerprint density at radius 1 is 1.64 bits per heavy atom. The molecule has 1 nitrogen and oxygen atoms in total. The number of hydrogen-bond donors (Lipinski definition) is 1. The Labute approximate surface area is 66.5 Å². The zero-order chi connectivity index (χ0) is 8.85. The zero-order valence-corrected chi connectivity index (χ0v) is 6.84. The quantitative estimate of drug-likeness (QED) is 0.622. The number of hydrogen-bond acceptors (Lipinski definition) is 1. The molecule has 11 heavy (non-hydrogen) atoms. The maximum Gasteiger partial charge on any atom is 0.116 e. The maximum absolute atomic E-state index is 12.2. The molecule has 1 N–H and O–H groups in total. The highest BCUT2D eigenvalue weighted by Crippen LogP contribution is 2.08. The summed E-state index contributed by atoms with van der Waals surface area (Å²) in [5, 5.41) is 9.06. The fraction of sp³-hybridized carbons (Fsp3) is 0.333. The molecule has 0 amide bonds. The van der Waals surface area contributed by atoms with E-state index in [1.54, 1.807) is 26.0 Å². The number of allylic oxidation sites excluding steroid dienone is 3. The predicted octanol–water partition coefficient (Wildman–Crippen LogP) is 2.35. The Hall–Kier alpha value is -0.890. The second kappa shape index (κ2) is 4.85. The van der Waals surface area contributed by atoms with Gasteiger partial charge in [0.1, 0.15) is 5.83 Å². The first-order valence-electron chi connectivity index (χ1n) is 3.44. The summed E-state index contributed by atoms with van der Waals surface area (Å²) in [6.07, 6.45) is 3.94. The number of aliphatic hydroxyl groups excluding tert-OH is 1. The second-order valence-corrected chi connectivity index (χ2v) is 2.27. The molecule has 0 aromatic rings. The van der Waals surface area contributed by atoms with Crippen LogP contribution in [0.15, 0.2) is 36.2 Å². The molecule has 0 spiro atoms. The van der Waals surface area contributed by atoms with Gasteiger partial charge in [0.25, 0.3) is 0 Å². The third kappa shape index (κ3) is 4.51. The molecule has 0 aliphatic heterocycles. The molecule has 1 atom stereocenters. The van der Waals surface area contributed by atoms with Crippen molar-refractivity contribution in [2.45, 2.75) is 20.0 Å². The Kier molecular flexibility index (Phi) is 4.46. The summed E-state index contributed by atoms with van der Waals surface area (Å²) < 4.78 is 12.2. The summed E-state index contributed by atoms with van der Waals surface area (Å²) in [5.74, 6) is -0.543. The summed E-state index contributed by atoms with van der Waals surface area (Å²) in [6, 6.07) is 0. The minimum atomic E-state index is -0.654. The Balaban J connectivity index is 4.46. The first-order valence-corrected chi connectivity index (χ1v) is 3.44. The summed E-state index contributed by atoms with van der Waals surface area (Å²) >= 11 is 0. The van der Waals surface area contributed by atoms with Crippen LogP contribution in [0.4, 0.5) is 4.39 Å². The van der Waals surface area contributed by atoms with Crippen molar-refractivity contribution < 1.29 is 9.50 Å². The molecule has 0 bridgehead atoms. The molecule has 0 aromatic heterocycles. The lowest BCUT2D eigenvalue weighted by molar-refractivity contribution is 0.235. The van der Waals surface area contributed by atoms with Gasteiger partial charge in [-0.05, 0) is 25.5 Å². The van der Waals surface area contributed by atoms with Crippen LogP contribution in [0.2, 0.25) is 0 Å². The van der Waals surface area contributed by atoms with Gasteiger partial charge in [-0.25, -0.2) is 4.39 Å². The van der Waals surface area contributed by atoms with Crippen LogP contribution in [0.5, 0.6) is 0 Å². The van der Waals surface area contributed by atoms with E-state index in [4.69, 9.17) is 5.11 Å². The fourth-order valence-electron chi connectivity index (χ4n) is 0.681. The van der Waals surface area contributed by atoms with E-state index in [2.05, 4.69) is 6.58 Å². The summed E-state index contributed by atoms with van der Waals surface area (Å²) in [4.78, 5) is 0. The van der Waals surface area contributed by atoms with Gasteiger partial charge < -0.3 is 5.11 Å². The molecular weight excluding hydrogens is 143 g/mol. The van der Waals surface area contributed by atoms with Gasteiger partial charge in [-0.1, -0.05) is 18.7 Å². The third-order valence-electron chi connectivity index (χ3n) is 1.16. The molecular formula is C9H13FO. The first kappa shape index (κ1) is 10.1. The van der Waals surface area contributed by atoms with Crippen molar-refractivity contribution in [1.82, 2.24) is 0 Å². The third-order valence-corrected chi connectivity index (χ3v) is 1.16. The van der Waals surface area contributed by atoms with Crippen molar-refractivity contribution in [2.24, 2.45) is 0 Å². The topological polar surface area (TPSA) is 20.2 Å². The van der Waals surface area contributed by atoms with Crippen LogP contribution in [-0.2, 0) is 0 Å². The van der Waals surface area contributed by atoms with E-state index < -0.39 is 11.9 Å². The van der Waals surface area contributed by atoms with Crippen molar-refractivity contribution in [3.63, 3.8) is 0 Å². The van der Waals surface area contributed by atoms with E-state index in [-0.39, 0.29) is 0 Å². The van der Waals surface area contributed by atoms with E-state index in [0.717, 1.165) is 0 Å². The van der Waals surface area contributed by atoms with E-state index >= 15 is 0 Å². The molecule has 62 valence electrons. The first-order chi connectivity index (χ1) is 5.07. The van der Waals surface area contributed by atoms with Gasteiger partial charge >= 0.3 is 0 Å². The lowest BCUT2D eigenvalue weighted by Gasteiger charge is -2.03. The van der Waals surface area contributed by atoms with E-state index in [1.165, 1.54) is 6.08 Å². The normalized spacial score (nSPS) is 15.5. The standard InChI is InChI=1S/C9H13FO/c1-4-5-9(8(3)11)6-7(2)10/h4-6,8,11H,2H2,1,3H3/b5-4-,9-6+. The van der Waals surface area contributed by atoms with Gasteiger partial charge in [0, 0.05) is 0 Å². The lowest BCUT2D eigenvalue weighted by atomic mass is 10.1. The van der Waals surface area contributed by atoms with Crippen molar-refractivity contribution in [1.29, 1.82) is 0 Å². The number of rotatable bonds is 3. The summed E-state index contributed by atoms with van der Waals surface area (Å²) in [6.45, 7) is 6.45. The number of aliphatic hydroxyl groups is 1. The van der Waals surface area contributed by atoms with E-state index in [0.29, 0.717) is 5.57 Å². The zero-order valence-electron chi connectivity index (χ0n) is 6.84. The maximum atomic E-state index is 12.2. The Morgan fingerprint density at radius 2 is 2.18 bits per heavy atom. The van der Waals surface area contributed by atoms with E-state index in [9.17, 15) is 4.39 Å². The fourth-order valence-corrected chi connectivity index (χ4v) is 0.681. The highest BCUT2D eigenvalue weighted by atomic mass is 19.1. The van der Waals surface area contributed by atoms with Gasteiger partial charge in [0.2, 0.25) is 0 Å². The van der Waals surface area contributed by atoms with Crippen molar-refractivity contribution in [3.05, 3.63) is 36.2 Å². The van der Waals surface area contributed by atoms with Gasteiger partial charge in [-0.3, -0.25) is 0 Å². The molecule has 0 saturated heterocycles. The largest absolute Gasteiger partial charge is 0.389 e. The molecule has 0 fully saturated rings. The molecule has 0 heterocycles. The van der Waals surface area contributed by atoms with Gasteiger partial charge in [-0.2, -0.15) is 0 Å². The van der Waals surface area contributed by atoms with Gasteiger partial charge in [0.05, 0.1) is 6.10 Å². The van der Waals surface area contributed by atoms with Crippen LogP contribution in [0.1, 0.15) is 13.8 Å². The molecule has 0 saturated carbocycles. The minimum absolute atomic E-state index is 0.528. The second-order valence-electron chi connectivity index (χ2n) is 2.27. The average molecular weight is 156 g/mol. The van der Waals surface area contributed by atoms with Gasteiger partial charge in [-0.15, -0.1) is 0 Å². The molecule has 0 radical (unpaired) electrons. The summed E-state index contributed by atoms with van der Waals surface area (Å²) in [5.41, 5.74) is 0.528. The Bertz CT molecular complexity index is 190. The molecule has 2 heteroatoms. The van der Waals surface area contributed by atoms with Crippen molar-refractivity contribution in [2.75, 3.05) is 0 Å². The molecule has 0 aromatic carbocycles. The van der Waals surface area contributed by atoms with Crippen LogP contribution >= 0.6 is 0 Å².